The molecule has 0 aliphatic heterocycles. The van der Waals surface area contributed by atoms with Crippen molar-refractivity contribution in [1.82, 2.24) is 29.1 Å². The number of amides is 1. The molecule has 0 radical (unpaired) electrons. The van der Waals surface area contributed by atoms with E-state index < -0.39 is 31.2 Å². The summed E-state index contributed by atoms with van der Waals surface area (Å²) in [4.78, 5) is 40.4. The quantitative estimate of drug-likeness (QED) is 0.0605. The Morgan fingerprint density at radius 1 is 0.757 bits per heavy atom. The zero-order chi connectivity index (χ0) is 51.3. The Balaban J connectivity index is 0.802. The Bertz CT molecular complexity index is 3350. The number of carbonyl (C=O) groups is 1. The van der Waals surface area contributed by atoms with Gasteiger partial charge in [-0.15, -0.1) is 0 Å². The van der Waals surface area contributed by atoms with Crippen LogP contribution in [0.4, 0.5) is 14.5 Å². The summed E-state index contributed by atoms with van der Waals surface area (Å²) < 4.78 is 45.6. The summed E-state index contributed by atoms with van der Waals surface area (Å²) in [6.07, 6.45) is 4.33. The van der Waals surface area contributed by atoms with Crippen LogP contribution in [0.25, 0.3) is 17.0 Å². The van der Waals surface area contributed by atoms with E-state index in [9.17, 15) is 18.4 Å². The van der Waals surface area contributed by atoms with Gasteiger partial charge in [0.2, 0.25) is 18.1 Å². The normalized spacial score (nSPS) is 12.6. The Labute approximate surface area is 429 Å². The zero-order valence-corrected chi connectivity index (χ0v) is 42.2. The molecule has 372 valence electrons. The van der Waals surface area contributed by atoms with Crippen LogP contribution in [0.5, 0.6) is 0 Å². The molecule has 2 N–H and O–H groups in total. The van der Waals surface area contributed by atoms with E-state index in [2.05, 4.69) is 97.8 Å². The first-order valence-corrected chi connectivity index (χ1v) is 26.5. The Kier molecular flexibility index (Phi) is 14.1. The van der Waals surface area contributed by atoms with E-state index in [0.717, 1.165) is 43.9 Å². The van der Waals surface area contributed by atoms with Crippen molar-refractivity contribution in [3.05, 3.63) is 252 Å². The summed E-state index contributed by atoms with van der Waals surface area (Å²) in [5, 5.41) is 7.74. The number of pyridine rings is 1. The maximum atomic E-state index is 14.9. The monoisotopic (exact) mass is 1000 g/mol. The van der Waals surface area contributed by atoms with Gasteiger partial charge in [0.1, 0.15) is 16.9 Å². The van der Waals surface area contributed by atoms with Gasteiger partial charge in [0.25, 0.3) is 14.2 Å². The molecule has 74 heavy (non-hydrogen) atoms. The van der Waals surface area contributed by atoms with Crippen molar-refractivity contribution < 1.29 is 27.6 Å². The molecule has 0 spiro atoms. The molecule has 0 aliphatic carbocycles. The van der Waals surface area contributed by atoms with Gasteiger partial charge in [-0.25, -0.2) is 18.7 Å². The van der Waals surface area contributed by atoms with E-state index in [0.29, 0.717) is 22.6 Å². The van der Waals surface area contributed by atoms with Gasteiger partial charge in [-0.05, 0) is 74.8 Å². The Morgan fingerprint density at radius 3 is 1.92 bits per heavy atom. The third-order valence-electron chi connectivity index (χ3n) is 14.1. The van der Waals surface area contributed by atoms with Gasteiger partial charge in [0.15, 0.2) is 0 Å². The molecule has 0 aliphatic rings. The predicted molar refractivity (Wildman–Crippen MR) is 285 cm³/mol. The number of fused-ring (bicyclic) bond motifs is 1. The van der Waals surface area contributed by atoms with Crippen molar-refractivity contribution >= 4 is 35.9 Å². The number of aryl methyl sites for hydroxylation is 1. The summed E-state index contributed by atoms with van der Waals surface area (Å²) in [5.41, 5.74) is 6.96. The second-order valence-electron chi connectivity index (χ2n) is 19.3. The number of ether oxygens (including phenoxy) is 1. The molecule has 11 nitrogen and oxygen atoms in total. The SMILES string of the molecule is Cc1ccc(-c2noc(C[C@H](CC(C)(C)[Si](O)(c3ccccc3)c3ccccc3)C(F)F)n2)cc1NC(=O)c1cnc2cc(COCc3cn(C(c4ccccc4)(c4ccccc4)c4ccccc4)cn3)ccn12. The number of carbonyl (C=O) groups excluding carboxylic acids is 1. The topological polar surface area (TPSA) is 133 Å². The maximum absolute atomic E-state index is 14.9. The fourth-order valence-corrected chi connectivity index (χ4v) is 14.1. The lowest BCUT2D eigenvalue weighted by Crippen LogP contribution is -2.65. The number of halogens is 2. The number of nitrogens with one attached hydrogen (secondary N) is 1. The van der Waals surface area contributed by atoms with E-state index in [1.165, 1.54) is 6.20 Å². The van der Waals surface area contributed by atoms with Crippen molar-refractivity contribution in [2.75, 3.05) is 5.32 Å². The van der Waals surface area contributed by atoms with Crippen LogP contribution in [0.15, 0.2) is 211 Å². The average molecular weight is 1000 g/mol. The van der Waals surface area contributed by atoms with Crippen LogP contribution in [-0.2, 0) is 29.9 Å². The molecule has 6 aromatic carbocycles. The molecule has 10 rings (SSSR count). The summed E-state index contributed by atoms with van der Waals surface area (Å²) >= 11 is 0. The Hall–Kier alpha value is -8.17. The molecule has 0 saturated heterocycles. The van der Waals surface area contributed by atoms with Gasteiger partial charge >= 0.3 is 0 Å². The standard InChI is InChI=1S/C60H55F2N7O4Si/c1-42-29-30-44(57-66-55(73-67-57)35-45(56(61)62)36-59(2,3)74(71,50-25-15-7-16-26-50)51-27-17-8-18-28-51)34-52(42)65-58(70)53-37-63-54-33-43(31-32-69(53)54)39-72-40-49-38-68(41-64-49)60(46-19-9-4-10-20-46,47-21-11-5-12-22-47)48-23-13-6-14-24-48/h4-34,37-38,41,45,56,71H,35-36,39-40H2,1-3H3,(H,65,70)/t45-/m1/s1. The number of rotatable bonds is 19. The molecule has 1 amide bonds. The molecular weight excluding hydrogens is 949 g/mol. The molecule has 0 bridgehead atoms. The number of imidazole rings is 2. The molecule has 4 aromatic heterocycles. The van der Waals surface area contributed by atoms with Gasteiger partial charge in [-0.3, -0.25) is 9.20 Å². The number of hydrogen-bond acceptors (Lipinski definition) is 8. The smallest absolute Gasteiger partial charge is 0.274 e. The number of aromatic nitrogens is 6. The fourth-order valence-electron chi connectivity index (χ4n) is 10.3. The molecule has 14 heteroatoms. The molecule has 4 heterocycles. The number of hydrogen-bond donors (Lipinski definition) is 2. The fraction of sp³-hybridized carbons (Fsp3) is 0.183. The van der Waals surface area contributed by atoms with Crippen LogP contribution in [0.2, 0.25) is 5.04 Å². The highest BCUT2D eigenvalue weighted by molar-refractivity contribution is 6.98. The second kappa shape index (κ2) is 21.1. The number of anilines is 1. The minimum atomic E-state index is -3.56. The van der Waals surface area contributed by atoms with Gasteiger partial charge in [-0.1, -0.05) is 183 Å². The van der Waals surface area contributed by atoms with Crippen LogP contribution in [0.3, 0.4) is 0 Å². The minimum absolute atomic E-state index is 0.00309. The third kappa shape index (κ3) is 9.74. The summed E-state index contributed by atoms with van der Waals surface area (Å²) in [7, 11) is -3.56. The average Bonchev–Trinajstić information content (AvgIpc) is 4.24. The van der Waals surface area contributed by atoms with Crippen molar-refractivity contribution in [2.45, 2.75) is 63.8 Å². The number of benzene rings is 6. The Morgan fingerprint density at radius 2 is 1.34 bits per heavy atom. The number of nitrogens with zero attached hydrogens (tertiary/aromatic N) is 6. The molecule has 0 saturated carbocycles. The second-order valence-corrected chi connectivity index (χ2v) is 23.2. The predicted octanol–water partition coefficient (Wildman–Crippen LogP) is 11.0. The van der Waals surface area contributed by atoms with Crippen LogP contribution in [0, 0.1) is 12.8 Å². The van der Waals surface area contributed by atoms with E-state index in [-0.39, 0.29) is 43.7 Å². The lowest BCUT2D eigenvalue weighted by atomic mass is 9.77. The van der Waals surface area contributed by atoms with Crippen LogP contribution < -0.4 is 15.7 Å². The lowest BCUT2D eigenvalue weighted by Gasteiger charge is -2.42. The number of alkyl halides is 2. The minimum Gasteiger partial charge on any atom is -0.424 e. The van der Waals surface area contributed by atoms with Gasteiger partial charge in [0, 0.05) is 36.0 Å². The highest BCUT2D eigenvalue weighted by atomic mass is 28.4. The first kappa shape index (κ1) is 49.4. The molecule has 10 aromatic rings. The highest BCUT2D eigenvalue weighted by Crippen LogP contribution is 2.44. The molecule has 0 unspecified atom stereocenters. The maximum Gasteiger partial charge on any atom is 0.274 e. The van der Waals surface area contributed by atoms with Crippen molar-refractivity contribution in [3.8, 4) is 11.4 Å². The van der Waals surface area contributed by atoms with Gasteiger partial charge in [-0.2, -0.15) is 4.98 Å². The molecular formula is C60H55F2N7O4Si. The first-order valence-electron chi connectivity index (χ1n) is 24.5. The molecule has 1 atom stereocenters. The summed E-state index contributed by atoms with van der Waals surface area (Å²) in [6.45, 7) is 6.15. The van der Waals surface area contributed by atoms with Crippen LogP contribution >= 0.6 is 0 Å². The highest BCUT2D eigenvalue weighted by Gasteiger charge is 2.51. The summed E-state index contributed by atoms with van der Waals surface area (Å²) in [5.74, 6) is -1.33. The summed E-state index contributed by atoms with van der Waals surface area (Å²) in [6, 6.07) is 59.1. The van der Waals surface area contributed by atoms with Crippen molar-refractivity contribution in [3.63, 3.8) is 0 Å². The van der Waals surface area contributed by atoms with Gasteiger partial charge in [0.05, 0.1) is 31.4 Å². The van der Waals surface area contributed by atoms with Crippen molar-refractivity contribution in [1.29, 1.82) is 0 Å². The van der Waals surface area contributed by atoms with Crippen LogP contribution in [0.1, 0.15) is 70.2 Å². The molecule has 0 fully saturated rings. The van der Waals surface area contributed by atoms with E-state index >= 15 is 0 Å². The lowest BCUT2D eigenvalue weighted by molar-refractivity contribution is 0.0609. The zero-order valence-electron chi connectivity index (χ0n) is 41.2. The largest absolute Gasteiger partial charge is 0.424 e. The van der Waals surface area contributed by atoms with Gasteiger partial charge < -0.3 is 23.9 Å². The van der Waals surface area contributed by atoms with E-state index in [1.54, 1.807) is 22.7 Å². The van der Waals surface area contributed by atoms with E-state index in [1.807, 2.05) is 130 Å². The van der Waals surface area contributed by atoms with Crippen molar-refractivity contribution in [2.24, 2.45) is 5.92 Å². The third-order valence-corrected chi connectivity index (χ3v) is 18.6. The first-order chi connectivity index (χ1) is 35.9. The van der Waals surface area contributed by atoms with Crippen LogP contribution in [-0.4, -0.2) is 54.5 Å². The van der Waals surface area contributed by atoms with E-state index in [4.69, 9.17) is 14.2 Å².